The van der Waals surface area contributed by atoms with Crippen LogP contribution in [0.1, 0.15) is 64.2 Å². The third-order valence-corrected chi connectivity index (χ3v) is 5.06. The van der Waals surface area contributed by atoms with E-state index in [9.17, 15) is 4.79 Å². The van der Waals surface area contributed by atoms with E-state index >= 15 is 0 Å². The Labute approximate surface area is 144 Å². The van der Waals surface area contributed by atoms with Gasteiger partial charge in [0.15, 0.2) is 0 Å². The number of rotatable bonds is 11. The highest BCUT2D eigenvalue weighted by molar-refractivity contribution is 8.00. The standard InChI is InChI=1S/C17H31N3O2S/c18-13-23-15(17(21)22)11-6-4-2-1-3-5-9-14-10-7-8-12-16(19)20-14/h4,6,14-15H,1-3,5,7-13,18H2,(H2,19,20)(H,21,22)/b6-4-. The Morgan fingerprint density at radius 1 is 1.35 bits per heavy atom. The molecule has 0 saturated carbocycles. The zero-order chi connectivity index (χ0) is 16.9. The lowest BCUT2D eigenvalue weighted by Crippen LogP contribution is -2.17. The lowest BCUT2D eigenvalue weighted by molar-refractivity contribution is -0.136. The first-order valence-corrected chi connectivity index (χ1v) is 9.70. The van der Waals surface area contributed by atoms with Gasteiger partial charge < -0.3 is 16.6 Å². The Morgan fingerprint density at radius 3 is 2.91 bits per heavy atom. The van der Waals surface area contributed by atoms with Crippen LogP contribution in [-0.4, -0.2) is 34.1 Å². The molecule has 5 nitrogen and oxygen atoms in total. The van der Waals surface area contributed by atoms with Crippen LogP contribution in [0.4, 0.5) is 0 Å². The lowest BCUT2D eigenvalue weighted by Gasteiger charge is -2.10. The Kier molecular flexibility index (Phi) is 10.8. The van der Waals surface area contributed by atoms with Crippen LogP contribution in [0.15, 0.2) is 17.1 Å². The summed E-state index contributed by atoms with van der Waals surface area (Å²) in [6.45, 7) is 0. The molecule has 2 unspecified atom stereocenters. The molecule has 23 heavy (non-hydrogen) atoms. The largest absolute Gasteiger partial charge is 0.480 e. The average Bonchev–Trinajstić information content (AvgIpc) is 2.72. The molecule has 0 saturated heterocycles. The van der Waals surface area contributed by atoms with Gasteiger partial charge in [0.25, 0.3) is 0 Å². The van der Waals surface area contributed by atoms with Gasteiger partial charge in [-0.2, -0.15) is 0 Å². The van der Waals surface area contributed by atoms with Crippen molar-refractivity contribution in [1.29, 1.82) is 0 Å². The molecule has 1 heterocycles. The van der Waals surface area contributed by atoms with Crippen molar-refractivity contribution in [2.45, 2.75) is 75.5 Å². The highest BCUT2D eigenvalue weighted by atomic mass is 32.2. The molecular formula is C17H31N3O2S. The van der Waals surface area contributed by atoms with Crippen LogP contribution in [0, 0.1) is 0 Å². The molecule has 6 heteroatoms. The van der Waals surface area contributed by atoms with Gasteiger partial charge in [-0.3, -0.25) is 9.79 Å². The Balaban J connectivity index is 2.07. The van der Waals surface area contributed by atoms with Crippen LogP contribution in [0.2, 0.25) is 0 Å². The van der Waals surface area contributed by atoms with E-state index in [4.69, 9.17) is 16.6 Å². The van der Waals surface area contributed by atoms with Gasteiger partial charge in [-0.25, -0.2) is 0 Å². The van der Waals surface area contributed by atoms with Gasteiger partial charge in [-0.15, -0.1) is 11.8 Å². The normalized spacial score (nSPS) is 20.2. The molecule has 0 aromatic heterocycles. The van der Waals surface area contributed by atoms with Crippen LogP contribution < -0.4 is 11.5 Å². The fraction of sp³-hybridized carbons (Fsp3) is 0.765. The second-order valence-corrected chi connectivity index (χ2v) is 7.26. The van der Waals surface area contributed by atoms with Crippen molar-refractivity contribution in [2.24, 2.45) is 16.5 Å². The number of aliphatic carboxylic acids is 1. The predicted octanol–water partition coefficient (Wildman–Crippen LogP) is 3.29. The summed E-state index contributed by atoms with van der Waals surface area (Å²) >= 11 is 1.28. The summed E-state index contributed by atoms with van der Waals surface area (Å²) in [5, 5.41) is 8.59. The van der Waals surface area contributed by atoms with E-state index < -0.39 is 11.2 Å². The molecular weight excluding hydrogens is 310 g/mol. The van der Waals surface area contributed by atoms with Crippen LogP contribution in [0.5, 0.6) is 0 Å². The van der Waals surface area contributed by atoms with Crippen molar-refractivity contribution in [3.8, 4) is 0 Å². The predicted molar refractivity (Wildman–Crippen MR) is 98.8 cm³/mol. The van der Waals surface area contributed by atoms with Crippen molar-refractivity contribution < 1.29 is 9.90 Å². The summed E-state index contributed by atoms with van der Waals surface area (Å²) in [6, 6.07) is 0.428. The van der Waals surface area contributed by atoms with Gasteiger partial charge in [-0.05, 0) is 38.5 Å². The maximum absolute atomic E-state index is 11.0. The Bertz CT molecular complexity index is 399. The number of carboxylic acids is 1. The summed E-state index contributed by atoms with van der Waals surface area (Å²) in [7, 11) is 0. The number of carbonyl (C=O) groups is 1. The topological polar surface area (TPSA) is 102 Å². The number of nitrogens with zero attached hydrogens (tertiary/aromatic N) is 1. The van der Waals surface area contributed by atoms with Gasteiger partial charge in [0.1, 0.15) is 5.25 Å². The quantitative estimate of drug-likeness (QED) is 0.304. The zero-order valence-electron chi connectivity index (χ0n) is 14.0. The van der Waals surface area contributed by atoms with Crippen molar-refractivity contribution in [1.82, 2.24) is 0 Å². The molecule has 0 fully saturated rings. The Morgan fingerprint density at radius 2 is 2.17 bits per heavy atom. The Hall–Kier alpha value is -1.01. The maximum Gasteiger partial charge on any atom is 0.316 e. The van der Waals surface area contributed by atoms with Gasteiger partial charge >= 0.3 is 5.97 Å². The van der Waals surface area contributed by atoms with E-state index in [1.54, 1.807) is 0 Å². The second-order valence-electron chi connectivity index (χ2n) is 6.03. The molecule has 1 aliphatic heterocycles. The third kappa shape index (κ3) is 9.66. The maximum atomic E-state index is 11.0. The third-order valence-electron chi connectivity index (χ3n) is 4.07. The molecule has 1 aliphatic rings. The summed E-state index contributed by atoms with van der Waals surface area (Å²) in [5.74, 6) is 0.394. The summed E-state index contributed by atoms with van der Waals surface area (Å²) in [5.41, 5.74) is 11.3. The molecule has 1 rings (SSSR count). The summed E-state index contributed by atoms with van der Waals surface area (Å²) in [6.07, 6.45) is 14.8. The zero-order valence-corrected chi connectivity index (χ0v) is 14.8. The van der Waals surface area contributed by atoms with Crippen molar-refractivity contribution in [2.75, 3.05) is 5.88 Å². The molecule has 0 aromatic carbocycles. The SMILES string of the molecule is NCSC(C/C=C\CCCCCC1CCCCC(N)=N1)C(=O)O. The molecule has 0 aliphatic carbocycles. The summed E-state index contributed by atoms with van der Waals surface area (Å²) in [4.78, 5) is 15.6. The first kappa shape index (κ1) is 20.0. The molecule has 132 valence electrons. The lowest BCUT2D eigenvalue weighted by atomic mass is 10.0. The van der Waals surface area contributed by atoms with Crippen LogP contribution in [-0.2, 0) is 4.79 Å². The number of nitrogens with two attached hydrogens (primary N) is 2. The highest BCUT2D eigenvalue weighted by Crippen LogP contribution is 2.18. The molecule has 0 bridgehead atoms. The van der Waals surface area contributed by atoms with Crippen molar-refractivity contribution >= 4 is 23.6 Å². The van der Waals surface area contributed by atoms with Gasteiger partial charge in [0, 0.05) is 12.3 Å². The van der Waals surface area contributed by atoms with E-state index in [1.165, 1.54) is 43.9 Å². The molecule has 0 aromatic rings. The fourth-order valence-corrected chi connectivity index (χ4v) is 3.39. The van der Waals surface area contributed by atoms with Gasteiger partial charge in [0.05, 0.1) is 11.9 Å². The van der Waals surface area contributed by atoms with Crippen LogP contribution in [0.25, 0.3) is 0 Å². The second kappa shape index (κ2) is 12.4. The monoisotopic (exact) mass is 341 g/mol. The minimum Gasteiger partial charge on any atom is -0.480 e. The van der Waals surface area contributed by atoms with E-state index in [2.05, 4.69) is 11.1 Å². The van der Waals surface area contributed by atoms with Gasteiger partial charge in [-0.1, -0.05) is 31.4 Å². The van der Waals surface area contributed by atoms with E-state index in [1.807, 2.05) is 6.08 Å². The minimum atomic E-state index is -0.784. The first-order chi connectivity index (χ1) is 11.1. The molecule has 0 amide bonds. The number of thioether (sulfide) groups is 1. The fourth-order valence-electron chi connectivity index (χ4n) is 2.77. The molecule has 0 radical (unpaired) electrons. The smallest absolute Gasteiger partial charge is 0.316 e. The average molecular weight is 342 g/mol. The summed E-state index contributed by atoms with van der Waals surface area (Å²) < 4.78 is 0. The van der Waals surface area contributed by atoms with Crippen molar-refractivity contribution in [3.05, 3.63) is 12.2 Å². The van der Waals surface area contributed by atoms with Gasteiger partial charge in [0.2, 0.25) is 0 Å². The number of carboxylic acid groups (broad SMARTS) is 1. The highest BCUT2D eigenvalue weighted by Gasteiger charge is 2.14. The number of amidine groups is 1. The number of allylic oxidation sites excluding steroid dienone is 2. The number of aliphatic imine (C=N–C) groups is 1. The minimum absolute atomic E-state index is 0.346. The number of unbranched alkanes of at least 4 members (excludes halogenated alkanes) is 3. The number of hydrogen-bond donors (Lipinski definition) is 3. The molecule has 0 spiro atoms. The van der Waals surface area contributed by atoms with E-state index in [0.29, 0.717) is 18.3 Å². The first-order valence-electron chi connectivity index (χ1n) is 8.65. The van der Waals surface area contributed by atoms with Crippen LogP contribution in [0.3, 0.4) is 0 Å². The van der Waals surface area contributed by atoms with E-state index in [0.717, 1.165) is 31.5 Å². The number of hydrogen-bond acceptors (Lipinski definition) is 5. The van der Waals surface area contributed by atoms with E-state index in [-0.39, 0.29) is 0 Å². The molecule has 2 atom stereocenters. The van der Waals surface area contributed by atoms with Crippen molar-refractivity contribution in [3.63, 3.8) is 0 Å². The molecule has 5 N–H and O–H groups in total. The van der Waals surface area contributed by atoms with Crippen LogP contribution >= 0.6 is 11.8 Å².